The maximum atomic E-state index is 10.7. The van der Waals surface area contributed by atoms with Gasteiger partial charge in [-0.3, -0.25) is 10.1 Å². The number of ether oxygens (including phenoxy) is 1. The fraction of sp³-hybridized carbons (Fsp3) is 0.500. The quantitative estimate of drug-likeness (QED) is 0.632. The average molecular weight is 268 g/mol. The van der Waals surface area contributed by atoms with Crippen molar-refractivity contribution in [3.63, 3.8) is 0 Å². The molecule has 5 nitrogen and oxygen atoms in total. The molecule has 1 aromatic rings. The van der Waals surface area contributed by atoms with E-state index in [-0.39, 0.29) is 10.6 Å². The topological polar surface area (TPSA) is 64.4 Å². The van der Waals surface area contributed by atoms with Crippen molar-refractivity contribution in [2.45, 2.75) is 5.75 Å². The fourth-order valence-corrected chi connectivity index (χ4v) is 2.93. The molecule has 0 aliphatic carbocycles. The van der Waals surface area contributed by atoms with E-state index in [1.54, 1.807) is 31.0 Å². The van der Waals surface area contributed by atoms with Crippen LogP contribution in [0.4, 0.5) is 5.69 Å². The lowest BCUT2D eigenvalue weighted by Gasteiger charge is -2.26. The summed E-state index contributed by atoms with van der Waals surface area (Å²) in [7, 11) is 1.59. The highest BCUT2D eigenvalue weighted by Gasteiger charge is 2.17. The number of rotatable bonds is 6. The second kappa shape index (κ2) is 6.06. The fourth-order valence-electron chi connectivity index (χ4n) is 1.79. The SMILES string of the molecule is COc1ccc([N+](=O)[O-])cc1CSCC1CNC1. The number of hydrogen-bond donors (Lipinski definition) is 1. The van der Waals surface area contributed by atoms with Crippen molar-refractivity contribution in [3.8, 4) is 5.75 Å². The van der Waals surface area contributed by atoms with Crippen molar-refractivity contribution in [2.75, 3.05) is 26.0 Å². The first kappa shape index (κ1) is 13.2. The Morgan fingerprint density at radius 3 is 2.89 bits per heavy atom. The Labute approximate surface area is 110 Å². The van der Waals surface area contributed by atoms with Crippen LogP contribution in [0, 0.1) is 16.0 Å². The molecule has 1 heterocycles. The second-order valence-electron chi connectivity index (χ2n) is 4.29. The van der Waals surface area contributed by atoms with Crippen LogP contribution in [0.1, 0.15) is 5.56 Å². The van der Waals surface area contributed by atoms with Crippen LogP contribution < -0.4 is 10.1 Å². The Morgan fingerprint density at radius 1 is 1.56 bits per heavy atom. The third-order valence-corrected chi connectivity index (χ3v) is 4.17. The molecule has 0 spiro atoms. The van der Waals surface area contributed by atoms with Crippen LogP contribution in [-0.2, 0) is 5.75 Å². The monoisotopic (exact) mass is 268 g/mol. The number of nitrogens with zero attached hydrogens (tertiary/aromatic N) is 1. The first-order valence-electron chi connectivity index (χ1n) is 5.80. The summed E-state index contributed by atoms with van der Waals surface area (Å²) in [5, 5.41) is 14.0. The molecule has 98 valence electrons. The maximum Gasteiger partial charge on any atom is 0.270 e. The lowest BCUT2D eigenvalue weighted by Crippen LogP contribution is -2.43. The summed E-state index contributed by atoms with van der Waals surface area (Å²) in [6.45, 7) is 2.16. The zero-order valence-electron chi connectivity index (χ0n) is 10.2. The zero-order chi connectivity index (χ0) is 13.0. The predicted molar refractivity (Wildman–Crippen MR) is 72.2 cm³/mol. The number of methoxy groups -OCH3 is 1. The van der Waals surface area contributed by atoms with E-state index in [1.807, 2.05) is 0 Å². The van der Waals surface area contributed by atoms with Gasteiger partial charge in [0.05, 0.1) is 12.0 Å². The van der Waals surface area contributed by atoms with Gasteiger partial charge in [0, 0.05) is 23.4 Å². The normalized spacial score (nSPS) is 15.2. The van der Waals surface area contributed by atoms with Crippen LogP contribution in [0.15, 0.2) is 18.2 Å². The smallest absolute Gasteiger partial charge is 0.270 e. The highest BCUT2D eigenvalue weighted by atomic mass is 32.2. The highest BCUT2D eigenvalue weighted by Crippen LogP contribution is 2.28. The van der Waals surface area contributed by atoms with Gasteiger partial charge < -0.3 is 10.1 Å². The van der Waals surface area contributed by atoms with Gasteiger partial charge in [-0.25, -0.2) is 0 Å². The van der Waals surface area contributed by atoms with Gasteiger partial charge in [-0.2, -0.15) is 11.8 Å². The van der Waals surface area contributed by atoms with Crippen LogP contribution in [0.3, 0.4) is 0 Å². The molecule has 0 saturated carbocycles. The van der Waals surface area contributed by atoms with E-state index in [2.05, 4.69) is 5.32 Å². The minimum Gasteiger partial charge on any atom is -0.496 e. The summed E-state index contributed by atoms with van der Waals surface area (Å²) in [5.41, 5.74) is 1.01. The van der Waals surface area contributed by atoms with Gasteiger partial charge >= 0.3 is 0 Å². The van der Waals surface area contributed by atoms with Gasteiger partial charge in [0.1, 0.15) is 5.75 Å². The number of thioether (sulfide) groups is 1. The Hall–Kier alpha value is -1.27. The molecule has 1 saturated heterocycles. The van der Waals surface area contributed by atoms with Crippen molar-refractivity contribution < 1.29 is 9.66 Å². The zero-order valence-corrected chi connectivity index (χ0v) is 11.0. The molecule has 1 aliphatic rings. The largest absolute Gasteiger partial charge is 0.496 e. The van der Waals surface area contributed by atoms with Gasteiger partial charge in [-0.1, -0.05) is 0 Å². The van der Waals surface area contributed by atoms with Crippen molar-refractivity contribution >= 4 is 17.4 Å². The number of non-ortho nitro benzene ring substituents is 1. The molecule has 1 aliphatic heterocycles. The van der Waals surface area contributed by atoms with Gasteiger partial charge in [-0.05, 0) is 30.8 Å². The number of benzene rings is 1. The Kier molecular flexibility index (Phi) is 4.43. The van der Waals surface area contributed by atoms with E-state index < -0.39 is 0 Å². The third kappa shape index (κ3) is 3.14. The van der Waals surface area contributed by atoms with Crippen molar-refractivity contribution in [2.24, 2.45) is 5.92 Å². The van der Waals surface area contributed by atoms with Crippen molar-refractivity contribution in [1.29, 1.82) is 0 Å². The highest BCUT2D eigenvalue weighted by molar-refractivity contribution is 7.98. The molecule has 2 rings (SSSR count). The Bertz CT molecular complexity index is 435. The first-order chi connectivity index (χ1) is 8.70. The number of nitro benzene ring substituents is 1. The lowest BCUT2D eigenvalue weighted by atomic mass is 10.1. The molecule has 1 fully saturated rings. The van der Waals surface area contributed by atoms with Crippen LogP contribution >= 0.6 is 11.8 Å². The minimum absolute atomic E-state index is 0.122. The van der Waals surface area contributed by atoms with E-state index in [0.717, 1.165) is 41.8 Å². The number of nitro groups is 1. The number of hydrogen-bond acceptors (Lipinski definition) is 5. The average Bonchev–Trinajstić information content (AvgIpc) is 2.32. The molecule has 0 unspecified atom stereocenters. The molecule has 0 aromatic heterocycles. The minimum atomic E-state index is -0.372. The summed E-state index contributed by atoms with van der Waals surface area (Å²) in [6.07, 6.45) is 0. The Balaban J connectivity index is 1.98. The summed E-state index contributed by atoms with van der Waals surface area (Å²) < 4.78 is 5.23. The molecule has 6 heteroatoms. The van der Waals surface area contributed by atoms with E-state index in [1.165, 1.54) is 6.07 Å². The van der Waals surface area contributed by atoms with E-state index in [0.29, 0.717) is 0 Å². The summed E-state index contributed by atoms with van der Waals surface area (Å²) in [6, 6.07) is 4.74. The standard InChI is InChI=1S/C12H16N2O3S/c1-17-12-3-2-11(14(15)16)4-10(12)8-18-7-9-5-13-6-9/h2-4,9,13H,5-8H2,1H3. The van der Waals surface area contributed by atoms with Crippen LogP contribution in [-0.4, -0.2) is 30.9 Å². The van der Waals surface area contributed by atoms with Crippen molar-refractivity contribution in [3.05, 3.63) is 33.9 Å². The second-order valence-corrected chi connectivity index (χ2v) is 5.32. The lowest BCUT2D eigenvalue weighted by molar-refractivity contribution is -0.384. The molecule has 1 aromatic carbocycles. The third-order valence-electron chi connectivity index (χ3n) is 2.95. The molecule has 0 radical (unpaired) electrons. The summed E-state index contributed by atoms with van der Waals surface area (Å²) in [4.78, 5) is 10.4. The van der Waals surface area contributed by atoms with Crippen LogP contribution in [0.2, 0.25) is 0 Å². The molecule has 0 atom stereocenters. The van der Waals surface area contributed by atoms with E-state index in [9.17, 15) is 10.1 Å². The summed E-state index contributed by atoms with van der Waals surface area (Å²) >= 11 is 1.80. The van der Waals surface area contributed by atoms with Crippen LogP contribution in [0.25, 0.3) is 0 Å². The van der Waals surface area contributed by atoms with Gasteiger partial charge in [0.15, 0.2) is 0 Å². The van der Waals surface area contributed by atoms with E-state index in [4.69, 9.17) is 4.74 Å². The van der Waals surface area contributed by atoms with Gasteiger partial charge in [0.2, 0.25) is 0 Å². The van der Waals surface area contributed by atoms with Gasteiger partial charge in [-0.15, -0.1) is 0 Å². The molecular formula is C12H16N2O3S. The van der Waals surface area contributed by atoms with Crippen molar-refractivity contribution in [1.82, 2.24) is 5.32 Å². The molecule has 0 amide bonds. The molecule has 1 N–H and O–H groups in total. The molecule has 0 bridgehead atoms. The van der Waals surface area contributed by atoms with E-state index >= 15 is 0 Å². The maximum absolute atomic E-state index is 10.7. The molecule has 18 heavy (non-hydrogen) atoms. The Morgan fingerprint density at radius 2 is 2.33 bits per heavy atom. The predicted octanol–water partition coefficient (Wildman–Crippen LogP) is 2.06. The van der Waals surface area contributed by atoms with Crippen LogP contribution in [0.5, 0.6) is 5.75 Å². The molecular weight excluding hydrogens is 252 g/mol. The van der Waals surface area contributed by atoms with Gasteiger partial charge in [0.25, 0.3) is 5.69 Å². The summed E-state index contributed by atoms with van der Waals surface area (Å²) in [5.74, 6) is 3.29. The number of nitrogens with one attached hydrogen (secondary N) is 1. The first-order valence-corrected chi connectivity index (χ1v) is 6.96.